The summed E-state index contributed by atoms with van der Waals surface area (Å²) in [6.07, 6.45) is 3.04. The Labute approximate surface area is 161 Å². The van der Waals surface area contributed by atoms with Crippen molar-refractivity contribution in [2.75, 3.05) is 12.3 Å². The second-order valence-electron chi connectivity index (χ2n) is 8.68. The summed E-state index contributed by atoms with van der Waals surface area (Å²) in [6.45, 7) is 13.6. The largest absolute Gasteiger partial charge is 0.492 e. The number of amides is 1. The molecular formula is C19H30BN3O4. The highest BCUT2D eigenvalue weighted by Crippen LogP contribution is 2.38. The topological polar surface area (TPSA) is 95.7 Å². The molecule has 0 aromatic carbocycles. The molecule has 0 bridgehead atoms. The van der Waals surface area contributed by atoms with E-state index in [1.54, 1.807) is 12.3 Å². The van der Waals surface area contributed by atoms with Gasteiger partial charge in [-0.3, -0.25) is 0 Å². The Morgan fingerprint density at radius 2 is 1.85 bits per heavy atom. The molecule has 1 aliphatic rings. The van der Waals surface area contributed by atoms with E-state index in [-0.39, 0.29) is 6.54 Å². The number of pyridine rings is 1. The molecular weight excluding hydrogens is 345 g/mol. The zero-order chi connectivity index (χ0) is 20.5. The third-order valence-electron chi connectivity index (χ3n) is 4.55. The van der Waals surface area contributed by atoms with Crippen molar-refractivity contribution in [1.82, 2.24) is 10.3 Å². The minimum atomic E-state index is -0.595. The van der Waals surface area contributed by atoms with Crippen molar-refractivity contribution in [3.05, 3.63) is 29.4 Å². The highest BCUT2D eigenvalue weighted by molar-refractivity contribution is 6.56. The first-order valence-electron chi connectivity index (χ1n) is 9.03. The molecule has 0 aliphatic carbocycles. The van der Waals surface area contributed by atoms with Crippen LogP contribution in [0.1, 0.15) is 54.0 Å². The summed E-state index contributed by atoms with van der Waals surface area (Å²) in [7, 11) is -0.595. The van der Waals surface area contributed by atoms with Crippen molar-refractivity contribution >= 4 is 25.1 Å². The lowest BCUT2D eigenvalue weighted by molar-refractivity contribution is 0.00578. The number of rotatable bonds is 4. The van der Waals surface area contributed by atoms with Gasteiger partial charge in [0.2, 0.25) is 0 Å². The molecule has 0 spiro atoms. The van der Waals surface area contributed by atoms with Crippen LogP contribution in [0, 0.1) is 0 Å². The molecule has 0 atom stereocenters. The maximum absolute atomic E-state index is 12.1. The first-order valence-corrected chi connectivity index (χ1v) is 9.03. The second kappa shape index (κ2) is 7.52. The van der Waals surface area contributed by atoms with Gasteiger partial charge in [-0.05, 0) is 71.6 Å². The number of alkyl carbamates (subject to hydrolysis) is 1. The van der Waals surface area contributed by atoms with Gasteiger partial charge >= 0.3 is 13.2 Å². The van der Waals surface area contributed by atoms with E-state index in [9.17, 15) is 4.79 Å². The van der Waals surface area contributed by atoms with Gasteiger partial charge in [0.25, 0.3) is 0 Å². The number of ether oxygens (including phenoxy) is 1. The zero-order valence-electron chi connectivity index (χ0n) is 17.3. The van der Waals surface area contributed by atoms with Gasteiger partial charge in [0.15, 0.2) is 0 Å². The lowest BCUT2D eigenvalue weighted by Crippen LogP contribution is -2.41. The number of carbonyl (C=O) groups is 1. The summed E-state index contributed by atoms with van der Waals surface area (Å²) in [5.41, 5.74) is 5.70. The average molecular weight is 375 g/mol. The Bertz CT molecular complexity index is 693. The first-order chi connectivity index (χ1) is 12.3. The van der Waals surface area contributed by atoms with Gasteiger partial charge < -0.3 is 25.1 Å². The number of nitrogens with zero attached hydrogens (tertiary/aromatic N) is 1. The molecule has 1 fully saturated rings. The molecule has 1 saturated heterocycles. The lowest BCUT2D eigenvalue weighted by atomic mass is 9.77. The number of nitrogens with one attached hydrogen (secondary N) is 1. The van der Waals surface area contributed by atoms with Gasteiger partial charge in [-0.25, -0.2) is 9.78 Å². The fourth-order valence-electron chi connectivity index (χ4n) is 2.40. The van der Waals surface area contributed by atoms with Crippen molar-refractivity contribution in [3.63, 3.8) is 0 Å². The Morgan fingerprint density at radius 3 is 2.33 bits per heavy atom. The molecule has 27 heavy (non-hydrogen) atoms. The second-order valence-corrected chi connectivity index (χ2v) is 8.68. The zero-order valence-corrected chi connectivity index (χ0v) is 17.3. The molecule has 2 heterocycles. The van der Waals surface area contributed by atoms with Crippen LogP contribution in [0.2, 0.25) is 0 Å². The normalized spacial score (nSPS) is 19.1. The molecule has 7 nitrogen and oxygen atoms in total. The third-order valence-corrected chi connectivity index (χ3v) is 4.55. The van der Waals surface area contributed by atoms with E-state index in [1.807, 2.05) is 60.6 Å². The molecule has 1 aromatic rings. The van der Waals surface area contributed by atoms with Crippen LogP contribution in [0.3, 0.4) is 0 Å². The number of hydrogen-bond acceptors (Lipinski definition) is 6. The molecule has 8 heteroatoms. The van der Waals surface area contributed by atoms with Crippen LogP contribution in [-0.2, 0) is 14.0 Å². The minimum absolute atomic E-state index is 0.218. The van der Waals surface area contributed by atoms with Crippen LogP contribution in [0.15, 0.2) is 23.8 Å². The molecule has 2 rings (SSSR count). The first kappa shape index (κ1) is 21.2. The summed E-state index contributed by atoms with van der Waals surface area (Å²) in [5, 5.41) is 2.77. The van der Waals surface area contributed by atoms with Crippen molar-refractivity contribution in [2.45, 2.75) is 65.3 Å². The van der Waals surface area contributed by atoms with Crippen LogP contribution in [0.25, 0.3) is 6.08 Å². The number of aromatic nitrogens is 1. The molecule has 1 amide bonds. The molecule has 3 N–H and O–H groups in total. The van der Waals surface area contributed by atoms with Crippen molar-refractivity contribution < 1.29 is 18.8 Å². The summed E-state index contributed by atoms with van der Waals surface area (Å²) in [5.74, 6) is 0.441. The number of nitrogen functional groups attached to an aromatic ring is 1. The van der Waals surface area contributed by atoms with E-state index in [4.69, 9.17) is 19.8 Å². The Balaban J connectivity index is 2.22. The van der Waals surface area contributed by atoms with Crippen molar-refractivity contribution in [1.29, 1.82) is 0 Å². The van der Waals surface area contributed by atoms with Gasteiger partial charge in [0, 0.05) is 12.7 Å². The van der Waals surface area contributed by atoms with Gasteiger partial charge in [0.05, 0.1) is 11.2 Å². The maximum Gasteiger partial charge on any atom is 0.492 e. The lowest BCUT2D eigenvalue weighted by Gasteiger charge is -2.32. The highest BCUT2D eigenvalue weighted by Gasteiger charge is 2.52. The monoisotopic (exact) mass is 375 g/mol. The smallest absolute Gasteiger partial charge is 0.444 e. The van der Waals surface area contributed by atoms with E-state index in [1.165, 1.54) is 0 Å². The molecule has 0 unspecified atom stereocenters. The van der Waals surface area contributed by atoms with Crippen LogP contribution < -0.4 is 11.1 Å². The fourth-order valence-corrected chi connectivity index (χ4v) is 2.40. The maximum atomic E-state index is 12.1. The number of carbonyl (C=O) groups excluding carboxylic acids is 1. The van der Waals surface area contributed by atoms with E-state index < -0.39 is 30.0 Å². The van der Waals surface area contributed by atoms with E-state index in [0.29, 0.717) is 5.82 Å². The number of anilines is 1. The summed E-state index contributed by atoms with van der Waals surface area (Å²) >= 11 is 0. The molecule has 1 aliphatic heterocycles. The number of hydrogen-bond donors (Lipinski definition) is 2. The number of nitrogens with two attached hydrogens (primary N) is 1. The predicted molar refractivity (Wildman–Crippen MR) is 107 cm³/mol. The Kier molecular flexibility index (Phi) is 5.92. The third kappa shape index (κ3) is 5.71. The van der Waals surface area contributed by atoms with Gasteiger partial charge in [-0.2, -0.15) is 0 Å². The average Bonchev–Trinajstić information content (AvgIpc) is 2.72. The minimum Gasteiger partial charge on any atom is -0.444 e. The molecule has 0 saturated carbocycles. The van der Waals surface area contributed by atoms with E-state index in [0.717, 1.165) is 11.0 Å². The van der Waals surface area contributed by atoms with Crippen LogP contribution >= 0.6 is 0 Å². The van der Waals surface area contributed by atoms with Gasteiger partial charge in [-0.1, -0.05) is 6.08 Å². The van der Waals surface area contributed by atoms with Crippen molar-refractivity contribution in [3.8, 4) is 0 Å². The Hall–Kier alpha value is -2.06. The summed E-state index contributed by atoms with van der Waals surface area (Å²) < 4.78 is 17.6. The van der Waals surface area contributed by atoms with Gasteiger partial charge in [-0.15, -0.1) is 0 Å². The van der Waals surface area contributed by atoms with E-state index >= 15 is 0 Å². The molecule has 148 valence electrons. The van der Waals surface area contributed by atoms with E-state index in [2.05, 4.69) is 10.3 Å². The molecule has 1 aromatic heterocycles. The molecule has 0 radical (unpaired) electrons. The quantitative estimate of drug-likeness (QED) is 0.785. The highest BCUT2D eigenvalue weighted by atomic mass is 16.7. The van der Waals surface area contributed by atoms with Crippen LogP contribution in [-0.4, -0.2) is 41.5 Å². The van der Waals surface area contributed by atoms with Crippen LogP contribution in [0.5, 0.6) is 0 Å². The summed E-state index contributed by atoms with van der Waals surface area (Å²) in [6, 6.07) is 3.57. The SMILES string of the molecule is CC(C)(C)OC(=O)NCC(=Cc1ccc(N)nc1)B1OC(C)(C)C(C)(C)O1. The van der Waals surface area contributed by atoms with Crippen LogP contribution in [0.4, 0.5) is 10.6 Å². The standard InChI is InChI=1S/C19H30BN3O4/c1-17(2,3)25-16(24)23-12-14(10-13-8-9-15(21)22-11-13)20-26-18(4,5)19(6,7)27-20/h8-11H,12H2,1-7H3,(H2,21,22)(H,23,24). The van der Waals surface area contributed by atoms with Gasteiger partial charge in [0.1, 0.15) is 11.4 Å². The summed E-state index contributed by atoms with van der Waals surface area (Å²) in [4.78, 5) is 16.2. The Morgan fingerprint density at radius 1 is 1.26 bits per heavy atom. The van der Waals surface area contributed by atoms with Crippen molar-refractivity contribution in [2.24, 2.45) is 0 Å². The fraction of sp³-hybridized carbons (Fsp3) is 0.579. The predicted octanol–water partition coefficient (Wildman–Crippen LogP) is 3.20.